The van der Waals surface area contributed by atoms with Crippen LogP contribution in [0.3, 0.4) is 0 Å². The summed E-state index contributed by atoms with van der Waals surface area (Å²) in [6.45, 7) is 1.03. The molecule has 2 heterocycles. The first-order chi connectivity index (χ1) is 12.6. The Morgan fingerprint density at radius 2 is 2.00 bits per heavy atom. The van der Waals surface area contributed by atoms with Crippen LogP contribution in [0.5, 0.6) is 0 Å². The molecule has 0 spiro atoms. The Bertz CT molecular complexity index is 853. The number of pyridine rings is 1. The molecule has 1 saturated heterocycles. The number of hydrogen-bond donors (Lipinski definition) is 1. The fourth-order valence-corrected chi connectivity index (χ4v) is 3.16. The molecule has 3 rings (SSSR count). The number of likely N-dealkylation sites (tertiary alicyclic amines) is 1. The van der Waals surface area contributed by atoms with Gasteiger partial charge in [0.15, 0.2) is 0 Å². The molecule has 1 aromatic heterocycles. The van der Waals surface area contributed by atoms with E-state index in [0.717, 1.165) is 4.47 Å². The average Bonchev–Trinajstić information content (AvgIpc) is 2.69. The van der Waals surface area contributed by atoms with E-state index in [1.54, 1.807) is 41.4 Å². The normalized spacial score (nSPS) is 14.5. The van der Waals surface area contributed by atoms with E-state index in [-0.39, 0.29) is 17.7 Å². The number of nitrogens with zero attached hydrogens (tertiary/aromatic N) is 3. The molecule has 26 heavy (non-hydrogen) atoms. The first kappa shape index (κ1) is 18.1. The predicted octanol–water partition coefficient (Wildman–Crippen LogP) is 3.21. The summed E-state index contributed by atoms with van der Waals surface area (Å²) >= 11 is 3.31. The lowest BCUT2D eigenvalue weighted by Gasteiger charge is -2.31. The number of halogens is 1. The minimum absolute atomic E-state index is 0.0709. The lowest BCUT2D eigenvalue weighted by molar-refractivity contribution is -0.121. The number of hydrogen-bond acceptors (Lipinski definition) is 4. The van der Waals surface area contributed by atoms with Crippen LogP contribution < -0.4 is 5.32 Å². The number of aromatic nitrogens is 1. The highest BCUT2D eigenvalue weighted by Gasteiger charge is 2.28. The van der Waals surface area contributed by atoms with Crippen molar-refractivity contribution >= 4 is 33.6 Å². The first-order valence-electron chi connectivity index (χ1n) is 8.28. The summed E-state index contributed by atoms with van der Waals surface area (Å²) in [5.41, 5.74) is 0.970. The van der Waals surface area contributed by atoms with Gasteiger partial charge in [0.1, 0.15) is 5.82 Å². The summed E-state index contributed by atoms with van der Waals surface area (Å²) < 4.78 is 0.850. The van der Waals surface area contributed by atoms with Crippen LogP contribution >= 0.6 is 15.9 Å². The maximum absolute atomic E-state index is 12.6. The van der Waals surface area contributed by atoms with Crippen molar-refractivity contribution in [2.24, 2.45) is 5.92 Å². The smallest absolute Gasteiger partial charge is 0.253 e. The number of anilines is 1. The zero-order chi connectivity index (χ0) is 18.5. The fourth-order valence-electron chi connectivity index (χ4n) is 2.93. The van der Waals surface area contributed by atoms with Crippen LogP contribution in [0.25, 0.3) is 0 Å². The minimum atomic E-state index is -0.144. The molecule has 0 aliphatic carbocycles. The lowest BCUT2D eigenvalue weighted by atomic mass is 9.95. The monoisotopic (exact) mass is 412 g/mol. The van der Waals surface area contributed by atoms with E-state index in [4.69, 9.17) is 5.26 Å². The molecule has 1 N–H and O–H groups in total. The van der Waals surface area contributed by atoms with Gasteiger partial charge in [-0.25, -0.2) is 4.98 Å². The van der Waals surface area contributed by atoms with Crippen molar-refractivity contribution in [1.82, 2.24) is 9.88 Å². The topological polar surface area (TPSA) is 86.1 Å². The largest absolute Gasteiger partial charge is 0.339 e. The van der Waals surface area contributed by atoms with Crippen LogP contribution in [-0.2, 0) is 4.79 Å². The highest BCUT2D eigenvalue weighted by molar-refractivity contribution is 9.10. The molecule has 1 aliphatic heterocycles. The molecule has 0 atom stereocenters. The second kappa shape index (κ2) is 8.11. The van der Waals surface area contributed by atoms with Crippen molar-refractivity contribution in [1.29, 1.82) is 5.26 Å². The maximum Gasteiger partial charge on any atom is 0.253 e. The van der Waals surface area contributed by atoms with Gasteiger partial charge in [-0.05, 0) is 59.1 Å². The molecule has 1 fully saturated rings. The van der Waals surface area contributed by atoms with E-state index in [2.05, 4.69) is 26.2 Å². The maximum atomic E-state index is 12.6. The van der Waals surface area contributed by atoms with E-state index >= 15 is 0 Å². The summed E-state index contributed by atoms with van der Waals surface area (Å²) in [4.78, 5) is 30.8. The Balaban J connectivity index is 1.56. The standard InChI is InChI=1S/C19H17BrN4O2/c20-16-4-5-17(22-12-16)23-18(25)14-6-8-24(9-7-14)19(26)15-3-1-2-13(10-15)11-21/h1-5,10,12,14H,6-9H2,(H,22,23,25). The number of piperidine rings is 1. The summed E-state index contributed by atoms with van der Waals surface area (Å²) in [6.07, 6.45) is 2.84. The van der Waals surface area contributed by atoms with Gasteiger partial charge in [-0.1, -0.05) is 6.07 Å². The Morgan fingerprint density at radius 3 is 2.65 bits per heavy atom. The van der Waals surface area contributed by atoms with Gasteiger partial charge in [0, 0.05) is 35.2 Å². The number of nitrogens with one attached hydrogen (secondary N) is 1. The van der Waals surface area contributed by atoms with Crippen LogP contribution in [0.4, 0.5) is 5.82 Å². The Morgan fingerprint density at radius 1 is 1.23 bits per heavy atom. The van der Waals surface area contributed by atoms with Gasteiger partial charge in [-0.2, -0.15) is 5.26 Å². The molecule has 132 valence electrons. The van der Waals surface area contributed by atoms with E-state index in [1.165, 1.54) is 0 Å². The molecule has 6 nitrogen and oxygen atoms in total. The molecule has 0 unspecified atom stereocenters. The Labute approximate surface area is 160 Å². The van der Waals surface area contributed by atoms with Crippen molar-refractivity contribution in [2.75, 3.05) is 18.4 Å². The van der Waals surface area contributed by atoms with Gasteiger partial charge in [-0.3, -0.25) is 9.59 Å². The molecule has 1 aliphatic rings. The molecule has 0 bridgehead atoms. The quantitative estimate of drug-likeness (QED) is 0.838. The van der Waals surface area contributed by atoms with Crippen molar-refractivity contribution in [2.45, 2.75) is 12.8 Å². The van der Waals surface area contributed by atoms with Gasteiger partial charge in [0.2, 0.25) is 5.91 Å². The zero-order valence-electron chi connectivity index (χ0n) is 14.0. The number of carbonyl (C=O) groups is 2. The molecule has 1 aromatic carbocycles. The van der Waals surface area contributed by atoms with Crippen LogP contribution in [0, 0.1) is 17.2 Å². The number of carbonyl (C=O) groups excluding carboxylic acids is 2. The van der Waals surface area contributed by atoms with Crippen LogP contribution in [0.15, 0.2) is 47.1 Å². The average molecular weight is 413 g/mol. The van der Waals surface area contributed by atoms with Crippen LogP contribution in [0.1, 0.15) is 28.8 Å². The molecule has 2 aromatic rings. The highest BCUT2D eigenvalue weighted by Crippen LogP contribution is 2.21. The second-order valence-electron chi connectivity index (χ2n) is 6.11. The molecule has 2 amide bonds. The van der Waals surface area contributed by atoms with Gasteiger partial charge < -0.3 is 10.2 Å². The van der Waals surface area contributed by atoms with E-state index in [9.17, 15) is 9.59 Å². The molecule has 0 saturated carbocycles. The zero-order valence-corrected chi connectivity index (χ0v) is 15.6. The van der Waals surface area contributed by atoms with Crippen molar-refractivity contribution in [3.8, 4) is 6.07 Å². The summed E-state index contributed by atoms with van der Waals surface area (Å²) in [6, 6.07) is 12.3. The fraction of sp³-hybridized carbons (Fsp3) is 0.263. The number of nitriles is 1. The summed E-state index contributed by atoms with van der Waals surface area (Å²) in [5, 5.41) is 11.8. The number of amides is 2. The highest BCUT2D eigenvalue weighted by atomic mass is 79.9. The number of benzene rings is 1. The minimum Gasteiger partial charge on any atom is -0.339 e. The third kappa shape index (κ3) is 4.27. The predicted molar refractivity (Wildman–Crippen MR) is 100 cm³/mol. The number of rotatable bonds is 3. The first-order valence-corrected chi connectivity index (χ1v) is 9.08. The van der Waals surface area contributed by atoms with E-state index < -0.39 is 0 Å². The molecular weight excluding hydrogens is 396 g/mol. The molecule has 7 heteroatoms. The van der Waals surface area contributed by atoms with Crippen molar-refractivity contribution in [3.63, 3.8) is 0 Å². The third-order valence-electron chi connectivity index (χ3n) is 4.37. The van der Waals surface area contributed by atoms with Crippen LogP contribution in [0.2, 0.25) is 0 Å². The Kier molecular flexibility index (Phi) is 5.64. The van der Waals surface area contributed by atoms with Crippen molar-refractivity contribution in [3.05, 3.63) is 58.2 Å². The Hall–Kier alpha value is -2.72. The second-order valence-corrected chi connectivity index (χ2v) is 7.03. The van der Waals surface area contributed by atoms with Gasteiger partial charge >= 0.3 is 0 Å². The third-order valence-corrected chi connectivity index (χ3v) is 4.84. The van der Waals surface area contributed by atoms with Gasteiger partial charge in [0.25, 0.3) is 5.91 Å². The summed E-state index contributed by atoms with van der Waals surface area (Å²) in [5.74, 6) is 0.203. The lowest BCUT2D eigenvalue weighted by Crippen LogP contribution is -2.41. The van der Waals surface area contributed by atoms with E-state index in [0.29, 0.717) is 42.9 Å². The van der Waals surface area contributed by atoms with Crippen molar-refractivity contribution < 1.29 is 9.59 Å². The van der Waals surface area contributed by atoms with Gasteiger partial charge in [-0.15, -0.1) is 0 Å². The molecular formula is C19H17BrN4O2. The molecule has 0 radical (unpaired) electrons. The van der Waals surface area contributed by atoms with E-state index in [1.807, 2.05) is 12.1 Å². The van der Waals surface area contributed by atoms with Crippen LogP contribution in [-0.4, -0.2) is 34.8 Å². The summed E-state index contributed by atoms with van der Waals surface area (Å²) in [7, 11) is 0. The SMILES string of the molecule is N#Cc1cccc(C(=O)N2CCC(C(=O)Nc3ccc(Br)cn3)CC2)c1. The van der Waals surface area contributed by atoms with Gasteiger partial charge in [0.05, 0.1) is 11.6 Å².